The third kappa shape index (κ3) is 9.74. The average Bonchev–Trinajstić information content (AvgIpc) is 3.15. The van der Waals surface area contributed by atoms with Crippen molar-refractivity contribution in [3.63, 3.8) is 0 Å². The van der Waals surface area contributed by atoms with Gasteiger partial charge in [-0.05, 0) is 93.6 Å². The minimum atomic E-state index is 0.279. The molecule has 2 aromatic heterocycles. The first-order chi connectivity index (χ1) is 24.2. The Labute approximate surface area is 288 Å². The molecule has 7 rings (SSSR count). The first-order valence-corrected chi connectivity index (χ1v) is 17.2. The van der Waals surface area contributed by atoms with Crippen molar-refractivity contribution in [1.29, 1.82) is 0 Å². The zero-order valence-electron chi connectivity index (χ0n) is 28.0. The molecule has 5 aromatic carbocycles. The van der Waals surface area contributed by atoms with E-state index in [0.29, 0.717) is 6.61 Å². The number of pyridine rings is 2. The van der Waals surface area contributed by atoms with Crippen LogP contribution in [0.1, 0.15) is 38.5 Å². The van der Waals surface area contributed by atoms with Gasteiger partial charge in [-0.25, -0.2) is 9.97 Å². The van der Waals surface area contributed by atoms with Gasteiger partial charge in [0, 0.05) is 41.3 Å². The molecule has 0 saturated heterocycles. The maximum Gasteiger partial charge on any atom is 0.146 e. The Morgan fingerprint density at radius 2 is 0.918 bits per heavy atom. The van der Waals surface area contributed by atoms with E-state index in [9.17, 15) is 0 Å². The second kappa shape index (κ2) is 19.1. The number of anilines is 1. The van der Waals surface area contributed by atoms with Gasteiger partial charge in [-0.15, -0.1) is 0 Å². The SMILES string of the molecule is NCCCCCO.OCCCCCNc1c2ccccc2nc2ccccc12.c1ccc(Oc2c3ccccc3nc3ccccc23)cc1. The zero-order chi connectivity index (χ0) is 34.1. The number of hydrogen-bond acceptors (Lipinski definition) is 7. The number of benzene rings is 5. The molecular formula is C42H46N4O3. The molecule has 0 fully saturated rings. The summed E-state index contributed by atoms with van der Waals surface area (Å²) in [6, 6.07) is 42.5. The summed E-state index contributed by atoms with van der Waals surface area (Å²) in [5.41, 5.74) is 10.3. The molecule has 0 aliphatic carbocycles. The average molecular weight is 655 g/mol. The van der Waals surface area contributed by atoms with E-state index in [1.807, 2.05) is 91.0 Å². The topological polar surface area (TPSA) is 114 Å². The molecule has 0 saturated carbocycles. The van der Waals surface area contributed by atoms with E-state index in [1.54, 1.807) is 0 Å². The van der Waals surface area contributed by atoms with Crippen LogP contribution in [0.5, 0.6) is 11.5 Å². The largest absolute Gasteiger partial charge is 0.456 e. The molecule has 5 N–H and O–H groups in total. The van der Waals surface area contributed by atoms with Crippen LogP contribution in [0.2, 0.25) is 0 Å². The lowest BCUT2D eigenvalue weighted by Crippen LogP contribution is -2.03. The summed E-state index contributed by atoms with van der Waals surface area (Å²) in [5.74, 6) is 1.70. The first kappa shape index (κ1) is 35.2. The standard InChI is InChI=1S/C19H13NO.C18H20N2O.C5H13NO/c1-2-8-14(9-3-1)21-19-15-10-4-6-12-17(15)20-18-13-7-5-11-16(18)19;21-13-7-1-6-12-19-18-14-8-2-4-10-16(14)20-17-11-5-3-9-15(17)18;6-4-2-1-3-5-7/h1-13H;2-5,8-11,21H,1,6-7,12-13H2,(H,19,20);7H,1-6H2. The lowest BCUT2D eigenvalue weighted by Gasteiger charge is -2.13. The van der Waals surface area contributed by atoms with E-state index >= 15 is 0 Å². The lowest BCUT2D eigenvalue weighted by molar-refractivity contribution is 0.283. The molecule has 0 spiro atoms. The van der Waals surface area contributed by atoms with Gasteiger partial charge in [0.25, 0.3) is 0 Å². The first-order valence-electron chi connectivity index (χ1n) is 17.2. The highest BCUT2D eigenvalue weighted by Crippen LogP contribution is 2.36. The normalized spacial score (nSPS) is 10.8. The van der Waals surface area contributed by atoms with E-state index in [-0.39, 0.29) is 6.61 Å². The fourth-order valence-corrected chi connectivity index (χ4v) is 5.61. The maximum absolute atomic E-state index is 8.84. The van der Waals surface area contributed by atoms with Gasteiger partial charge < -0.3 is 26.0 Å². The number of aliphatic hydroxyl groups is 2. The Morgan fingerprint density at radius 1 is 0.490 bits per heavy atom. The number of nitrogens with two attached hydrogens (primary N) is 1. The number of hydrogen-bond donors (Lipinski definition) is 4. The van der Waals surface area contributed by atoms with Crippen molar-refractivity contribution < 1.29 is 14.9 Å². The van der Waals surface area contributed by atoms with Crippen molar-refractivity contribution in [1.82, 2.24) is 9.97 Å². The van der Waals surface area contributed by atoms with Crippen LogP contribution >= 0.6 is 0 Å². The van der Waals surface area contributed by atoms with E-state index < -0.39 is 0 Å². The van der Waals surface area contributed by atoms with Crippen molar-refractivity contribution in [2.45, 2.75) is 38.5 Å². The zero-order valence-corrected chi connectivity index (χ0v) is 28.0. The Balaban J connectivity index is 0.000000161. The summed E-state index contributed by atoms with van der Waals surface area (Å²) >= 11 is 0. The molecule has 0 bridgehead atoms. The van der Waals surface area contributed by atoms with E-state index in [4.69, 9.17) is 30.7 Å². The monoisotopic (exact) mass is 654 g/mol. The smallest absolute Gasteiger partial charge is 0.146 e. The Morgan fingerprint density at radius 3 is 1.41 bits per heavy atom. The predicted octanol–water partition coefficient (Wildman–Crippen LogP) is 9.25. The highest BCUT2D eigenvalue weighted by molar-refractivity contribution is 6.07. The van der Waals surface area contributed by atoms with Crippen molar-refractivity contribution in [2.75, 3.05) is 31.6 Å². The van der Waals surface area contributed by atoms with Crippen LogP contribution in [-0.4, -0.2) is 46.5 Å². The summed E-state index contributed by atoms with van der Waals surface area (Å²) < 4.78 is 6.16. The van der Waals surface area contributed by atoms with Crippen LogP contribution in [0, 0.1) is 0 Å². The molecule has 0 radical (unpaired) electrons. The molecule has 49 heavy (non-hydrogen) atoms. The fraction of sp³-hybridized carbons (Fsp3) is 0.238. The third-order valence-electron chi connectivity index (χ3n) is 8.09. The lowest BCUT2D eigenvalue weighted by atomic mass is 10.1. The summed E-state index contributed by atoms with van der Waals surface area (Å²) in [7, 11) is 0. The third-order valence-corrected chi connectivity index (χ3v) is 8.09. The molecule has 0 aliphatic rings. The second-order valence-corrected chi connectivity index (χ2v) is 11.7. The van der Waals surface area contributed by atoms with Gasteiger partial charge in [-0.1, -0.05) is 78.9 Å². The number of aromatic nitrogens is 2. The van der Waals surface area contributed by atoms with Gasteiger partial charge in [0.15, 0.2) is 0 Å². The Hall–Kier alpha value is -5.08. The molecule has 0 aliphatic heterocycles. The van der Waals surface area contributed by atoms with Crippen LogP contribution in [0.3, 0.4) is 0 Å². The molecule has 0 unspecified atom stereocenters. The second-order valence-electron chi connectivity index (χ2n) is 11.7. The van der Waals surface area contributed by atoms with Gasteiger partial charge in [-0.3, -0.25) is 0 Å². The molecule has 0 amide bonds. The maximum atomic E-state index is 8.84. The van der Waals surface area contributed by atoms with Crippen molar-refractivity contribution in [3.8, 4) is 11.5 Å². The summed E-state index contributed by atoms with van der Waals surface area (Å²) in [5, 5.41) is 25.0. The van der Waals surface area contributed by atoms with Crippen LogP contribution in [0.15, 0.2) is 127 Å². The van der Waals surface area contributed by atoms with Crippen molar-refractivity contribution in [3.05, 3.63) is 127 Å². The number of nitrogens with one attached hydrogen (secondary N) is 1. The number of rotatable bonds is 12. The number of aliphatic hydroxyl groups excluding tert-OH is 2. The highest BCUT2D eigenvalue weighted by Gasteiger charge is 2.11. The molecule has 7 heteroatoms. The number of fused-ring (bicyclic) bond motifs is 4. The summed E-state index contributed by atoms with van der Waals surface area (Å²) in [4.78, 5) is 9.42. The molecule has 7 aromatic rings. The highest BCUT2D eigenvalue weighted by atomic mass is 16.5. The molecule has 2 heterocycles. The van der Waals surface area contributed by atoms with Crippen molar-refractivity contribution in [2.24, 2.45) is 5.73 Å². The van der Waals surface area contributed by atoms with E-state index in [2.05, 4.69) is 41.7 Å². The Bertz CT molecular complexity index is 1920. The van der Waals surface area contributed by atoms with E-state index in [0.717, 1.165) is 96.0 Å². The van der Waals surface area contributed by atoms with Crippen LogP contribution in [0.4, 0.5) is 5.69 Å². The minimum Gasteiger partial charge on any atom is -0.456 e. The van der Waals surface area contributed by atoms with Gasteiger partial charge >= 0.3 is 0 Å². The van der Waals surface area contributed by atoms with E-state index in [1.165, 1.54) is 16.5 Å². The number of unbranched alkanes of at least 4 members (excludes halogenated alkanes) is 4. The van der Waals surface area contributed by atoms with Gasteiger partial charge in [0.1, 0.15) is 11.5 Å². The fourth-order valence-electron chi connectivity index (χ4n) is 5.61. The number of para-hydroxylation sites is 5. The number of nitrogens with zero attached hydrogens (tertiary/aromatic N) is 2. The van der Waals surface area contributed by atoms with Crippen molar-refractivity contribution >= 4 is 49.3 Å². The summed E-state index contributed by atoms with van der Waals surface area (Å²) in [6.07, 6.45) is 5.99. The number of ether oxygens (including phenoxy) is 1. The van der Waals surface area contributed by atoms with Gasteiger partial charge in [-0.2, -0.15) is 0 Å². The minimum absolute atomic E-state index is 0.279. The predicted molar refractivity (Wildman–Crippen MR) is 204 cm³/mol. The summed E-state index contributed by atoms with van der Waals surface area (Å²) in [6.45, 7) is 2.25. The van der Waals surface area contributed by atoms with Crippen LogP contribution < -0.4 is 15.8 Å². The molecule has 7 nitrogen and oxygen atoms in total. The van der Waals surface area contributed by atoms with Crippen LogP contribution in [-0.2, 0) is 0 Å². The Kier molecular flexibility index (Phi) is 13.7. The van der Waals surface area contributed by atoms with Gasteiger partial charge in [0.2, 0.25) is 0 Å². The van der Waals surface area contributed by atoms with Gasteiger partial charge in [0.05, 0.1) is 27.8 Å². The molecular weight excluding hydrogens is 608 g/mol. The quantitative estimate of drug-likeness (QED) is 0.0767. The molecule has 252 valence electrons. The van der Waals surface area contributed by atoms with Crippen LogP contribution in [0.25, 0.3) is 43.6 Å². The molecule has 0 atom stereocenters.